The molecule has 0 radical (unpaired) electrons. The number of carbonyl (C=O) groups excluding carboxylic acids is 5. The maximum Gasteiger partial charge on any atom is 0.290 e. The van der Waals surface area contributed by atoms with Crippen LogP contribution in [0.3, 0.4) is 0 Å². The normalized spacial score (nSPS) is 13.9. The Morgan fingerprint density at radius 2 is 1.36 bits per heavy atom. The van der Waals surface area contributed by atoms with Crippen LogP contribution in [-0.4, -0.2) is 133 Å². The van der Waals surface area contributed by atoms with E-state index in [0.717, 1.165) is 0 Å². The summed E-state index contributed by atoms with van der Waals surface area (Å²) in [5.74, 6) is -3.79. The highest BCUT2D eigenvalue weighted by molar-refractivity contribution is 5.97. The van der Waals surface area contributed by atoms with Crippen LogP contribution >= 0.6 is 0 Å². The smallest absolute Gasteiger partial charge is 0.290 e. The van der Waals surface area contributed by atoms with Crippen LogP contribution in [0.2, 0.25) is 0 Å². The molecule has 3 aromatic heterocycles. The van der Waals surface area contributed by atoms with Gasteiger partial charge in [0.15, 0.2) is 17.8 Å². The van der Waals surface area contributed by atoms with Crippen molar-refractivity contribution in [3.8, 4) is 22.8 Å². The summed E-state index contributed by atoms with van der Waals surface area (Å²) in [6.07, 6.45) is -1.59. The summed E-state index contributed by atoms with van der Waals surface area (Å²) in [4.78, 5) is 66.7. The van der Waals surface area contributed by atoms with Crippen molar-refractivity contribution in [2.75, 3.05) is 11.9 Å². The van der Waals surface area contributed by atoms with Gasteiger partial charge in [0.05, 0.1) is 6.04 Å². The summed E-state index contributed by atoms with van der Waals surface area (Å²) >= 11 is 0. The average molecular weight is 801 g/mol. The molecule has 0 unspecified atom stereocenters. The number of nitrogens with two attached hydrogens (primary N) is 1. The lowest BCUT2D eigenvalue weighted by Crippen LogP contribution is -2.60. The summed E-state index contributed by atoms with van der Waals surface area (Å²) < 4.78 is 0. The van der Waals surface area contributed by atoms with Crippen molar-refractivity contribution in [2.45, 2.75) is 70.8 Å². The summed E-state index contributed by atoms with van der Waals surface area (Å²) in [5.41, 5.74) is 7.87. The molecule has 0 aliphatic rings. The monoisotopic (exact) mass is 800 g/mol. The molecule has 0 spiro atoms. The van der Waals surface area contributed by atoms with Crippen LogP contribution in [0.1, 0.15) is 50.3 Å². The average Bonchev–Trinajstić information content (AvgIpc) is 4.03. The number of aromatic nitrogens is 12. The molecule has 0 fully saturated rings. The van der Waals surface area contributed by atoms with Gasteiger partial charge in [-0.3, -0.25) is 24.0 Å². The number of aliphatic hydroxyl groups is 1. The second kappa shape index (κ2) is 19.7. The fourth-order valence-corrected chi connectivity index (χ4v) is 5.72. The van der Waals surface area contributed by atoms with E-state index in [1.165, 1.54) is 0 Å². The predicted octanol–water partition coefficient (Wildman–Crippen LogP) is -1.98. The molecule has 5 aromatic rings. The third-order valence-electron chi connectivity index (χ3n) is 8.68. The fourth-order valence-electron chi connectivity index (χ4n) is 5.72. The highest BCUT2D eigenvalue weighted by atomic mass is 16.3. The maximum atomic E-state index is 14.0. The number of tetrazole rings is 3. The number of aromatic amines is 3. The molecular formula is C34H44N18O6. The first-order chi connectivity index (χ1) is 27.8. The Balaban J connectivity index is 1.30. The number of aliphatic hydroxyl groups excluding tert-OH is 1. The highest BCUT2D eigenvalue weighted by Gasteiger charge is 2.34. The predicted molar refractivity (Wildman–Crippen MR) is 202 cm³/mol. The third-order valence-corrected chi connectivity index (χ3v) is 8.68. The van der Waals surface area contributed by atoms with E-state index >= 15 is 0 Å². The van der Waals surface area contributed by atoms with Crippen LogP contribution in [0.25, 0.3) is 22.8 Å². The lowest BCUT2D eigenvalue weighted by Gasteiger charge is -2.29. The molecule has 5 rings (SSSR count). The van der Waals surface area contributed by atoms with E-state index < -0.39 is 65.7 Å². The van der Waals surface area contributed by atoms with Crippen molar-refractivity contribution in [1.82, 2.24) is 83.1 Å². The van der Waals surface area contributed by atoms with E-state index in [9.17, 15) is 29.1 Å². The Hall–Kier alpha value is -7.08. The molecule has 0 saturated heterocycles. The van der Waals surface area contributed by atoms with Crippen molar-refractivity contribution in [3.63, 3.8) is 0 Å². The van der Waals surface area contributed by atoms with Gasteiger partial charge in [-0.25, -0.2) is 15.3 Å². The Kier molecular flexibility index (Phi) is 14.3. The molecule has 0 aliphatic carbocycles. The van der Waals surface area contributed by atoms with Crippen molar-refractivity contribution in [2.24, 2.45) is 17.6 Å². The Morgan fingerprint density at radius 1 is 0.741 bits per heavy atom. The number of anilines is 1. The van der Waals surface area contributed by atoms with Crippen LogP contribution in [0.4, 0.5) is 5.69 Å². The number of rotatable bonds is 19. The molecule has 11 N–H and O–H groups in total. The summed E-state index contributed by atoms with van der Waals surface area (Å²) in [7, 11) is 0. The quantitative estimate of drug-likeness (QED) is 0.0432. The lowest BCUT2D eigenvalue weighted by atomic mass is 9.97. The number of amides is 5. The molecule has 5 atom stereocenters. The van der Waals surface area contributed by atoms with Gasteiger partial charge in [-0.2, -0.15) is 0 Å². The molecule has 3 heterocycles. The number of carbonyl (C=O) groups is 5. The SMILES string of the molecule is CC(C)C[C@H](NC(=O)[C@@H](NC(=O)[C@@H](N)CNC(=O)c1nnn[nH]1)C(C)C)C(=O)N[C@@H](Cc1ccccc1)[C@@H](O)C(=O)Nc1cc(-c2nnn[nH]2)cc(-c2nnn[nH]2)c1. The second-order valence-corrected chi connectivity index (χ2v) is 14.0. The van der Waals surface area contributed by atoms with E-state index in [-0.39, 0.29) is 48.5 Å². The largest absolute Gasteiger partial charge is 0.381 e. The van der Waals surface area contributed by atoms with E-state index in [4.69, 9.17) is 5.73 Å². The van der Waals surface area contributed by atoms with Gasteiger partial charge in [0.2, 0.25) is 23.5 Å². The van der Waals surface area contributed by atoms with Crippen LogP contribution < -0.4 is 32.3 Å². The van der Waals surface area contributed by atoms with Gasteiger partial charge < -0.3 is 37.4 Å². The second-order valence-electron chi connectivity index (χ2n) is 14.0. The molecule has 0 aliphatic heterocycles. The van der Waals surface area contributed by atoms with Crippen molar-refractivity contribution in [1.29, 1.82) is 0 Å². The minimum absolute atomic E-state index is 0.0360. The number of nitrogens with zero attached hydrogens (tertiary/aromatic N) is 9. The zero-order valence-electron chi connectivity index (χ0n) is 31.9. The van der Waals surface area contributed by atoms with Crippen molar-refractivity contribution in [3.05, 3.63) is 59.9 Å². The Labute approximate surface area is 330 Å². The van der Waals surface area contributed by atoms with E-state index in [1.807, 2.05) is 13.8 Å². The van der Waals surface area contributed by atoms with Crippen LogP contribution in [-0.2, 0) is 25.6 Å². The first-order valence-corrected chi connectivity index (χ1v) is 18.1. The van der Waals surface area contributed by atoms with Crippen LogP contribution in [0.15, 0.2) is 48.5 Å². The zero-order valence-corrected chi connectivity index (χ0v) is 31.9. The molecule has 2 aromatic carbocycles. The Morgan fingerprint density at radius 3 is 1.91 bits per heavy atom. The fraction of sp³-hybridized carbons (Fsp3) is 0.412. The van der Waals surface area contributed by atoms with Gasteiger partial charge in [-0.05, 0) is 79.7 Å². The number of hydrogen-bond acceptors (Lipinski definition) is 16. The number of H-pyrrole nitrogens is 3. The van der Waals surface area contributed by atoms with E-state index in [2.05, 4.69) is 88.5 Å². The minimum atomic E-state index is -1.80. The minimum Gasteiger partial charge on any atom is -0.381 e. The summed E-state index contributed by atoms with van der Waals surface area (Å²) in [6, 6.07) is 9.04. The lowest BCUT2D eigenvalue weighted by molar-refractivity contribution is -0.134. The first-order valence-electron chi connectivity index (χ1n) is 18.1. The van der Waals surface area contributed by atoms with Gasteiger partial charge in [0.25, 0.3) is 11.8 Å². The number of hydrogen-bond donors (Lipinski definition) is 10. The molecule has 306 valence electrons. The molecular weight excluding hydrogens is 756 g/mol. The molecule has 24 nitrogen and oxygen atoms in total. The van der Waals surface area contributed by atoms with E-state index in [0.29, 0.717) is 16.7 Å². The van der Waals surface area contributed by atoms with Gasteiger partial charge in [-0.1, -0.05) is 58.0 Å². The molecule has 0 saturated carbocycles. The zero-order chi connectivity index (χ0) is 41.8. The van der Waals surface area contributed by atoms with Gasteiger partial charge in [-0.15, -0.1) is 15.3 Å². The number of nitrogens with one attached hydrogen (secondary N) is 8. The molecule has 0 bridgehead atoms. The van der Waals surface area contributed by atoms with E-state index in [1.54, 1.807) is 62.4 Å². The van der Waals surface area contributed by atoms with Gasteiger partial charge in [0, 0.05) is 23.4 Å². The molecule has 5 amide bonds. The number of benzene rings is 2. The van der Waals surface area contributed by atoms with Crippen LogP contribution in [0, 0.1) is 11.8 Å². The standard InChI is InChI=1S/C34H44N18O6/c1-16(2)10-24(39-32(56)25(17(3)4)40-30(54)22(35)15-36-34(58)29-45-51-52-46-29)31(55)38-23(11-18-8-6-5-7-9-18)26(53)33(57)37-21-13-19(27-41-47-48-42-27)12-20(14-21)28-43-49-50-44-28/h5-9,12-14,16-17,22-26,53H,10-11,15,35H2,1-4H3,(H,36,58)(H,37,57)(H,38,55)(H,39,56)(H,40,54)(H,41,42,47,48)(H,43,44,49,50)(H,45,46,51,52)/t22-,23-,24-,25-,26+/m0/s1. The van der Waals surface area contributed by atoms with Crippen molar-refractivity contribution < 1.29 is 29.1 Å². The molecule has 58 heavy (non-hydrogen) atoms. The van der Waals surface area contributed by atoms with Gasteiger partial charge >= 0.3 is 0 Å². The topological polar surface area (TPSA) is 355 Å². The first kappa shape index (κ1) is 42.1. The summed E-state index contributed by atoms with van der Waals surface area (Å²) in [6.45, 7) is 6.80. The summed E-state index contributed by atoms with van der Waals surface area (Å²) in [5, 5.41) is 64.8. The molecule has 24 heteroatoms. The Bertz CT molecular complexity index is 2060. The maximum absolute atomic E-state index is 14.0. The van der Waals surface area contributed by atoms with Gasteiger partial charge in [0.1, 0.15) is 18.1 Å². The van der Waals surface area contributed by atoms with Crippen LogP contribution in [0.5, 0.6) is 0 Å². The highest BCUT2D eigenvalue weighted by Crippen LogP contribution is 2.27. The van der Waals surface area contributed by atoms with Crippen molar-refractivity contribution >= 4 is 35.2 Å². The third kappa shape index (κ3) is 11.5.